The third-order valence-electron chi connectivity index (χ3n) is 6.06. The van der Waals surface area contributed by atoms with Crippen LogP contribution in [-0.4, -0.2) is 48.4 Å². The molecule has 7 heteroatoms. The van der Waals surface area contributed by atoms with E-state index in [0.717, 1.165) is 28.1 Å². The van der Waals surface area contributed by atoms with Crippen LogP contribution in [0.5, 0.6) is 0 Å². The van der Waals surface area contributed by atoms with Gasteiger partial charge in [0.25, 0.3) is 0 Å². The SMILES string of the molecule is Cc1cccc(N2CCN(S(=O)(=O)c3ccc4nc(-c5ccccc5)[nH]c4c3)CC2C)c1. The van der Waals surface area contributed by atoms with Crippen LogP contribution in [0.2, 0.25) is 0 Å². The molecule has 1 atom stereocenters. The summed E-state index contributed by atoms with van der Waals surface area (Å²) in [7, 11) is -3.60. The molecule has 1 fully saturated rings. The molecule has 5 rings (SSSR count). The second-order valence-corrected chi connectivity index (χ2v) is 10.3. The zero-order valence-corrected chi connectivity index (χ0v) is 19.0. The van der Waals surface area contributed by atoms with Crippen molar-refractivity contribution in [2.75, 3.05) is 24.5 Å². The van der Waals surface area contributed by atoms with Gasteiger partial charge in [-0.3, -0.25) is 0 Å². The summed E-state index contributed by atoms with van der Waals surface area (Å²) in [4.78, 5) is 10.5. The van der Waals surface area contributed by atoms with Crippen LogP contribution >= 0.6 is 0 Å². The molecule has 3 aromatic carbocycles. The summed E-state index contributed by atoms with van der Waals surface area (Å²) in [5, 5.41) is 0. The molecule has 0 saturated carbocycles. The highest BCUT2D eigenvalue weighted by Gasteiger charge is 2.32. The van der Waals surface area contributed by atoms with E-state index in [1.54, 1.807) is 22.5 Å². The predicted molar refractivity (Wildman–Crippen MR) is 128 cm³/mol. The van der Waals surface area contributed by atoms with Gasteiger partial charge in [0.1, 0.15) is 5.82 Å². The van der Waals surface area contributed by atoms with Crippen molar-refractivity contribution >= 4 is 26.7 Å². The van der Waals surface area contributed by atoms with E-state index in [9.17, 15) is 8.42 Å². The van der Waals surface area contributed by atoms with E-state index >= 15 is 0 Å². The standard InChI is InChI=1S/C25H26N4O2S/c1-18-7-6-10-21(15-18)29-14-13-28(17-19(29)2)32(30,31)22-11-12-23-24(16-22)27-25(26-23)20-8-4-3-5-9-20/h3-12,15-16,19H,13-14,17H2,1-2H3,(H,26,27). The van der Waals surface area contributed by atoms with Crippen molar-refractivity contribution in [3.63, 3.8) is 0 Å². The fraction of sp³-hybridized carbons (Fsp3) is 0.240. The zero-order chi connectivity index (χ0) is 22.3. The van der Waals surface area contributed by atoms with Crippen LogP contribution in [0.15, 0.2) is 77.7 Å². The van der Waals surface area contributed by atoms with Crippen LogP contribution in [0.25, 0.3) is 22.4 Å². The number of hydrogen-bond donors (Lipinski definition) is 1. The van der Waals surface area contributed by atoms with Gasteiger partial charge in [-0.05, 0) is 49.7 Å². The Morgan fingerprint density at radius 1 is 0.969 bits per heavy atom. The lowest BCUT2D eigenvalue weighted by Crippen LogP contribution is -2.53. The first kappa shape index (κ1) is 20.7. The lowest BCUT2D eigenvalue weighted by molar-refractivity contribution is 0.342. The monoisotopic (exact) mass is 446 g/mol. The molecule has 164 valence electrons. The van der Waals surface area contributed by atoms with Crippen molar-refractivity contribution in [3.8, 4) is 11.4 Å². The minimum atomic E-state index is -3.60. The molecule has 1 unspecified atom stereocenters. The van der Waals surface area contributed by atoms with Gasteiger partial charge >= 0.3 is 0 Å². The molecule has 1 saturated heterocycles. The number of aromatic amines is 1. The van der Waals surface area contributed by atoms with Gasteiger partial charge in [0, 0.05) is 36.9 Å². The molecule has 1 aliphatic rings. The summed E-state index contributed by atoms with van der Waals surface area (Å²) in [6.07, 6.45) is 0. The minimum absolute atomic E-state index is 0.0842. The summed E-state index contributed by atoms with van der Waals surface area (Å²) in [5.41, 5.74) is 4.78. The number of piperazine rings is 1. The third-order valence-corrected chi connectivity index (χ3v) is 7.92. The molecule has 0 amide bonds. The smallest absolute Gasteiger partial charge is 0.243 e. The maximum Gasteiger partial charge on any atom is 0.243 e. The molecule has 0 radical (unpaired) electrons. The van der Waals surface area contributed by atoms with Crippen LogP contribution in [0.3, 0.4) is 0 Å². The Labute approximate surface area is 188 Å². The molecule has 1 N–H and O–H groups in total. The van der Waals surface area contributed by atoms with Crippen molar-refractivity contribution in [2.45, 2.75) is 24.8 Å². The Morgan fingerprint density at radius 2 is 1.78 bits per heavy atom. The number of rotatable bonds is 4. The van der Waals surface area contributed by atoms with Gasteiger partial charge in [-0.2, -0.15) is 4.31 Å². The van der Waals surface area contributed by atoms with Gasteiger partial charge in [-0.15, -0.1) is 0 Å². The number of imidazole rings is 1. The molecule has 4 aromatic rings. The highest BCUT2D eigenvalue weighted by atomic mass is 32.2. The topological polar surface area (TPSA) is 69.3 Å². The van der Waals surface area contributed by atoms with Gasteiger partial charge < -0.3 is 9.88 Å². The number of aromatic nitrogens is 2. The van der Waals surface area contributed by atoms with E-state index in [1.807, 2.05) is 36.4 Å². The lowest BCUT2D eigenvalue weighted by atomic mass is 10.1. The van der Waals surface area contributed by atoms with Gasteiger partial charge in [0.15, 0.2) is 0 Å². The van der Waals surface area contributed by atoms with E-state index in [1.165, 1.54) is 5.56 Å². The molecule has 1 aromatic heterocycles. The Hall–Kier alpha value is -3.16. The fourth-order valence-corrected chi connectivity index (χ4v) is 5.90. The molecular weight excluding hydrogens is 420 g/mol. The van der Waals surface area contributed by atoms with Crippen LogP contribution in [0, 0.1) is 6.92 Å². The van der Waals surface area contributed by atoms with E-state index in [-0.39, 0.29) is 6.04 Å². The van der Waals surface area contributed by atoms with Gasteiger partial charge in [0.2, 0.25) is 10.0 Å². The van der Waals surface area contributed by atoms with Crippen LogP contribution in [0.1, 0.15) is 12.5 Å². The Bertz CT molecular complexity index is 1370. The molecule has 6 nitrogen and oxygen atoms in total. The van der Waals surface area contributed by atoms with E-state index in [4.69, 9.17) is 0 Å². The highest BCUT2D eigenvalue weighted by Crippen LogP contribution is 2.27. The number of fused-ring (bicyclic) bond motifs is 1. The summed E-state index contributed by atoms with van der Waals surface area (Å²) in [6.45, 7) is 5.72. The van der Waals surface area contributed by atoms with Crippen LogP contribution < -0.4 is 4.90 Å². The lowest BCUT2D eigenvalue weighted by Gasteiger charge is -2.40. The first-order valence-electron chi connectivity index (χ1n) is 10.8. The number of sulfonamides is 1. The molecular formula is C25H26N4O2S. The largest absolute Gasteiger partial charge is 0.366 e. The Kier molecular flexibility index (Phi) is 5.23. The number of H-pyrrole nitrogens is 1. The van der Waals surface area contributed by atoms with Crippen LogP contribution in [-0.2, 0) is 10.0 Å². The second-order valence-electron chi connectivity index (χ2n) is 8.37. The number of nitrogens with one attached hydrogen (secondary N) is 1. The van der Waals surface area contributed by atoms with Gasteiger partial charge in [-0.1, -0.05) is 42.5 Å². The van der Waals surface area contributed by atoms with Crippen molar-refractivity contribution in [2.24, 2.45) is 0 Å². The van der Waals surface area contributed by atoms with Crippen molar-refractivity contribution in [1.29, 1.82) is 0 Å². The van der Waals surface area contributed by atoms with Crippen LogP contribution in [0.4, 0.5) is 5.69 Å². The summed E-state index contributed by atoms with van der Waals surface area (Å²) in [5.74, 6) is 0.732. The van der Waals surface area contributed by atoms with Crippen molar-refractivity contribution in [3.05, 3.63) is 78.4 Å². The quantitative estimate of drug-likeness (QED) is 0.503. The molecule has 0 spiro atoms. The van der Waals surface area contributed by atoms with E-state index in [0.29, 0.717) is 24.5 Å². The average molecular weight is 447 g/mol. The summed E-state index contributed by atoms with van der Waals surface area (Å²) in [6, 6.07) is 23.4. The number of aryl methyl sites for hydroxylation is 1. The minimum Gasteiger partial charge on any atom is -0.366 e. The first-order chi connectivity index (χ1) is 15.4. The normalized spacial score (nSPS) is 17.7. The first-order valence-corrected chi connectivity index (χ1v) is 12.2. The number of hydrogen-bond acceptors (Lipinski definition) is 4. The molecule has 0 bridgehead atoms. The number of nitrogens with zero attached hydrogens (tertiary/aromatic N) is 3. The summed E-state index contributed by atoms with van der Waals surface area (Å²) < 4.78 is 28.4. The van der Waals surface area contributed by atoms with Gasteiger partial charge in [-0.25, -0.2) is 13.4 Å². The molecule has 32 heavy (non-hydrogen) atoms. The maximum atomic E-state index is 13.4. The van der Waals surface area contributed by atoms with E-state index < -0.39 is 10.0 Å². The maximum absolute atomic E-state index is 13.4. The fourth-order valence-electron chi connectivity index (χ4n) is 4.36. The Morgan fingerprint density at radius 3 is 2.53 bits per heavy atom. The number of benzene rings is 3. The van der Waals surface area contributed by atoms with Crippen molar-refractivity contribution < 1.29 is 8.42 Å². The molecule has 2 heterocycles. The van der Waals surface area contributed by atoms with Gasteiger partial charge in [0.05, 0.1) is 15.9 Å². The predicted octanol–water partition coefficient (Wildman–Crippen LogP) is 4.44. The third kappa shape index (κ3) is 3.78. The average Bonchev–Trinajstić information content (AvgIpc) is 3.23. The van der Waals surface area contributed by atoms with E-state index in [2.05, 4.69) is 46.9 Å². The highest BCUT2D eigenvalue weighted by molar-refractivity contribution is 7.89. The van der Waals surface area contributed by atoms with Crippen molar-refractivity contribution in [1.82, 2.24) is 14.3 Å². The summed E-state index contributed by atoms with van der Waals surface area (Å²) >= 11 is 0. The Balaban J connectivity index is 1.39. The second kappa shape index (κ2) is 8.07. The number of anilines is 1. The zero-order valence-electron chi connectivity index (χ0n) is 18.2. The molecule has 0 aliphatic carbocycles. The molecule has 1 aliphatic heterocycles.